The van der Waals surface area contributed by atoms with Crippen molar-refractivity contribution in [3.05, 3.63) is 29.6 Å². The van der Waals surface area contributed by atoms with E-state index in [0.29, 0.717) is 11.7 Å². The van der Waals surface area contributed by atoms with Gasteiger partial charge < -0.3 is 4.90 Å². The molecule has 3 heteroatoms. The van der Waals surface area contributed by atoms with Crippen molar-refractivity contribution in [1.82, 2.24) is 9.88 Å². The molecule has 0 atom stereocenters. The van der Waals surface area contributed by atoms with Crippen LogP contribution in [0, 0.1) is 6.92 Å². The van der Waals surface area contributed by atoms with Crippen LogP contribution < -0.4 is 0 Å². The second-order valence-corrected chi connectivity index (χ2v) is 5.23. The van der Waals surface area contributed by atoms with Crippen molar-refractivity contribution in [2.75, 3.05) is 7.05 Å². The highest BCUT2D eigenvalue weighted by Gasteiger charge is 2.22. The summed E-state index contributed by atoms with van der Waals surface area (Å²) >= 11 is 0. The van der Waals surface area contributed by atoms with Gasteiger partial charge >= 0.3 is 0 Å². The maximum atomic E-state index is 12.4. The van der Waals surface area contributed by atoms with Crippen LogP contribution >= 0.6 is 0 Å². The first kappa shape index (κ1) is 13.1. The number of nitrogens with zero attached hydrogens (tertiary/aromatic N) is 2. The summed E-state index contributed by atoms with van der Waals surface area (Å²) in [5, 5.41) is 0. The Labute approximate surface area is 109 Å². The van der Waals surface area contributed by atoms with Crippen LogP contribution in [0.2, 0.25) is 0 Å². The SMILES string of the molecule is Cc1cccc(C(=O)N(C)C2CCCCCC2)n1. The van der Waals surface area contributed by atoms with Crippen LogP contribution in [0.3, 0.4) is 0 Å². The zero-order chi connectivity index (χ0) is 13.0. The number of rotatable bonds is 2. The van der Waals surface area contributed by atoms with Gasteiger partial charge in [-0.3, -0.25) is 4.79 Å². The molecule has 18 heavy (non-hydrogen) atoms. The van der Waals surface area contributed by atoms with E-state index in [1.807, 2.05) is 37.1 Å². The van der Waals surface area contributed by atoms with Crippen molar-refractivity contribution in [2.45, 2.75) is 51.5 Å². The van der Waals surface area contributed by atoms with Gasteiger partial charge in [-0.1, -0.05) is 31.7 Å². The first-order valence-corrected chi connectivity index (χ1v) is 6.89. The van der Waals surface area contributed by atoms with E-state index in [2.05, 4.69) is 4.98 Å². The highest BCUT2D eigenvalue weighted by Crippen LogP contribution is 2.22. The Morgan fingerprint density at radius 1 is 1.22 bits per heavy atom. The van der Waals surface area contributed by atoms with Crippen molar-refractivity contribution in [2.24, 2.45) is 0 Å². The predicted octanol–water partition coefficient (Wildman–Crippen LogP) is 3.18. The summed E-state index contributed by atoms with van der Waals surface area (Å²) in [7, 11) is 1.92. The van der Waals surface area contributed by atoms with Crippen molar-refractivity contribution in [3.63, 3.8) is 0 Å². The van der Waals surface area contributed by atoms with Gasteiger partial charge in [-0.25, -0.2) is 4.98 Å². The number of aryl methyl sites for hydroxylation is 1. The van der Waals surface area contributed by atoms with E-state index in [-0.39, 0.29) is 5.91 Å². The first-order valence-electron chi connectivity index (χ1n) is 6.89. The molecular weight excluding hydrogens is 224 g/mol. The maximum Gasteiger partial charge on any atom is 0.272 e. The summed E-state index contributed by atoms with van der Waals surface area (Å²) in [6.45, 7) is 1.92. The van der Waals surface area contributed by atoms with E-state index in [4.69, 9.17) is 0 Å². The Morgan fingerprint density at radius 2 is 1.89 bits per heavy atom. The Balaban J connectivity index is 2.07. The average molecular weight is 246 g/mol. The zero-order valence-electron chi connectivity index (χ0n) is 11.4. The molecule has 0 radical (unpaired) electrons. The van der Waals surface area contributed by atoms with E-state index < -0.39 is 0 Å². The molecule has 1 aromatic rings. The second kappa shape index (κ2) is 5.98. The molecular formula is C15H22N2O. The van der Waals surface area contributed by atoms with Crippen molar-refractivity contribution < 1.29 is 4.79 Å². The molecule has 1 aliphatic carbocycles. The third-order valence-electron chi connectivity index (χ3n) is 3.80. The molecule has 2 rings (SSSR count). The monoisotopic (exact) mass is 246 g/mol. The van der Waals surface area contributed by atoms with Gasteiger partial charge in [0.25, 0.3) is 5.91 Å². The minimum atomic E-state index is 0.0607. The Kier molecular flexibility index (Phi) is 4.34. The van der Waals surface area contributed by atoms with E-state index in [0.717, 1.165) is 18.5 Å². The zero-order valence-corrected chi connectivity index (χ0v) is 11.4. The number of carbonyl (C=O) groups is 1. The number of amides is 1. The summed E-state index contributed by atoms with van der Waals surface area (Å²) in [6.07, 6.45) is 7.36. The molecule has 1 fully saturated rings. The largest absolute Gasteiger partial charge is 0.337 e. The van der Waals surface area contributed by atoms with Crippen molar-refractivity contribution in [3.8, 4) is 0 Å². The Morgan fingerprint density at radius 3 is 2.50 bits per heavy atom. The number of hydrogen-bond acceptors (Lipinski definition) is 2. The molecule has 1 aromatic heterocycles. The molecule has 0 aliphatic heterocycles. The van der Waals surface area contributed by atoms with Gasteiger partial charge in [0, 0.05) is 18.8 Å². The molecule has 0 aromatic carbocycles. The maximum absolute atomic E-state index is 12.4. The lowest BCUT2D eigenvalue weighted by molar-refractivity contribution is 0.0711. The average Bonchev–Trinajstić information content (AvgIpc) is 2.66. The van der Waals surface area contributed by atoms with Crippen LogP contribution in [-0.2, 0) is 0 Å². The topological polar surface area (TPSA) is 33.2 Å². The molecule has 1 amide bonds. The molecule has 1 saturated carbocycles. The highest BCUT2D eigenvalue weighted by atomic mass is 16.2. The minimum Gasteiger partial charge on any atom is -0.337 e. The number of pyridine rings is 1. The lowest BCUT2D eigenvalue weighted by atomic mass is 10.1. The number of hydrogen-bond donors (Lipinski definition) is 0. The van der Waals surface area contributed by atoms with Gasteiger partial charge in [0.15, 0.2) is 0 Å². The molecule has 3 nitrogen and oxygen atoms in total. The predicted molar refractivity (Wildman–Crippen MR) is 72.6 cm³/mol. The summed E-state index contributed by atoms with van der Waals surface area (Å²) in [5.41, 5.74) is 1.47. The fourth-order valence-corrected chi connectivity index (χ4v) is 2.65. The summed E-state index contributed by atoms with van der Waals surface area (Å²) < 4.78 is 0. The van der Waals surface area contributed by atoms with Crippen LogP contribution in [0.25, 0.3) is 0 Å². The van der Waals surface area contributed by atoms with Crippen LogP contribution in [0.5, 0.6) is 0 Å². The minimum absolute atomic E-state index is 0.0607. The van der Waals surface area contributed by atoms with Gasteiger partial charge in [-0.05, 0) is 31.9 Å². The third-order valence-corrected chi connectivity index (χ3v) is 3.80. The standard InChI is InChI=1S/C15H22N2O/c1-12-8-7-11-14(16-12)15(18)17(2)13-9-5-3-4-6-10-13/h7-8,11,13H,3-6,9-10H2,1-2H3. The molecule has 0 N–H and O–H groups in total. The van der Waals surface area contributed by atoms with Gasteiger partial charge in [0.1, 0.15) is 5.69 Å². The fraction of sp³-hybridized carbons (Fsp3) is 0.600. The molecule has 98 valence electrons. The van der Waals surface area contributed by atoms with E-state index >= 15 is 0 Å². The van der Waals surface area contributed by atoms with Gasteiger partial charge in [-0.15, -0.1) is 0 Å². The normalized spacial score (nSPS) is 17.2. The second-order valence-electron chi connectivity index (χ2n) is 5.23. The molecule has 1 aliphatic rings. The summed E-state index contributed by atoms with van der Waals surface area (Å²) in [4.78, 5) is 18.6. The lowest BCUT2D eigenvalue weighted by Gasteiger charge is -2.27. The van der Waals surface area contributed by atoms with E-state index in [9.17, 15) is 4.79 Å². The third kappa shape index (κ3) is 3.09. The Bertz CT molecular complexity index is 409. The van der Waals surface area contributed by atoms with Gasteiger partial charge in [0.05, 0.1) is 0 Å². The Hall–Kier alpha value is -1.38. The van der Waals surface area contributed by atoms with E-state index in [1.54, 1.807) is 0 Å². The number of carbonyl (C=O) groups excluding carboxylic acids is 1. The molecule has 1 heterocycles. The van der Waals surface area contributed by atoms with Crippen LogP contribution in [-0.4, -0.2) is 28.9 Å². The quantitative estimate of drug-likeness (QED) is 0.751. The lowest BCUT2D eigenvalue weighted by Crippen LogP contribution is -2.37. The van der Waals surface area contributed by atoms with Crippen LogP contribution in [0.15, 0.2) is 18.2 Å². The fourth-order valence-electron chi connectivity index (χ4n) is 2.65. The first-order chi connectivity index (χ1) is 8.68. The van der Waals surface area contributed by atoms with Crippen molar-refractivity contribution in [1.29, 1.82) is 0 Å². The molecule has 0 bridgehead atoms. The molecule has 0 saturated heterocycles. The molecule has 0 unspecified atom stereocenters. The summed E-state index contributed by atoms with van der Waals surface area (Å²) in [5.74, 6) is 0.0607. The van der Waals surface area contributed by atoms with Crippen LogP contribution in [0.1, 0.15) is 54.7 Å². The highest BCUT2D eigenvalue weighted by molar-refractivity contribution is 5.92. The molecule has 0 spiro atoms. The van der Waals surface area contributed by atoms with Crippen molar-refractivity contribution >= 4 is 5.91 Å². The number of aromatic nitrogens is 1. The van der Waals surface area contributed by atoms with E-state index in [1.165, 1.54) is 25.7 Å². The van der Waals surface area contributed by atoms with Crippen LogP contribution in [0.4, 0.5) is 0 Å². The summed E-state index contributed by atoms with van der Waals surface area (Å²) in [6, 6.07) is 6.02. The smallest absolute Gasteiger partial charge is 0.272 e. The van der Waals surface area contributed by atoms with Gasteiger partial charge in [-0.2, -0.15) is 0 Å². The van der Waals surface area contributed by atoms with Gasteiger partial charge in [0.2, 0.25) is 0 Å².